The van der Waals surface area contributed by atoms with E-state index in [9.17, 15) is 5.26 Å². The lowest BCUT2D eigenvalue weighted by Crippen LogP contribution is -2.39. The molecule has 6 nitrogen and oxygen atoms in total. The van der Waals surface area contributed by atoms with Crippen LogP contribution in [0, 0.1) is 11.3 Å². The number of nitrogens with zero attached hydrogens (tertiary/aromatic N) is 6. The van der Waals surface area contributed by atoms with Gasteiger partial charge in [0, 0.05) is 43.9 Å². The maximum absolute atomic E-state index is 11.3. The summed E-state index contributed by atoms with van der Waals surface area (Å²) in [6.45, 7) is 0. The quantitative estimate of drug-likeness (QED) is 0.150. The van der Waals surface area contributed by atoms with Crippen molar-refractivity contribution in [3.05, 3.63) is 206 Å². The Hall–Kier alpha value is -8.73. The van der Waals surface area contributed by atoms with Crippen LogP contribution in [0.25, 0.3) is 111 Å². The van der Waals surface area contributed by atoms with Crippen LogP contribution in [0.2, 0.25) is 0 Å². The van der Waals surface area contributed by atoms with Crippen molar-refractivity contribution in [3.8, 4) is 73.9 Å². The van der Waals surface area contributed by atoms with E-state index in [1.54, 1.807) is 0 Å². The summed E-state index contributed by atoms with van der Waals surface area (Å²) in [5.74, 6) is 1.01. The van der Waals surface area contributed by atoms with Gasteiger partial charge in [0.15, 0.2) is 17.5 Å². The lowest BCUT2D eigenvalue weighted by atomic mass is 9.69. The minimum absolute atomic E-state index is 0.107. The van der Waals surface area contributed by atoms with Gasteiger partial charge in [-0.3, -0.25) is 0 Å². The number of rotatable bonds is 7. The Kier molecular flexibility index (Phi) is 9.55. The van der Waals surface area contributed by atoms with E-state index in [1.807, 2.05) is 121 Å². The summed E-state index contributed by atoms with van der Waals surface area (Å²) < 4.78 is 4.33. The molecule has 3 heterocycles. The molecular formula is C58H33B3N6. The third kappa shape index (κ3) is 6.48. The number of hydrogen-bond acceptors (Lipinski definition) is 4. The lowest BCUT2D eigenvalue weighted by molar-refractivity contribution is 1.08. The monoisotopic (exact) mass is 846 g/mol. The van der Waals surface area contributed by atoms with E-state index in [4.69, 9.17) is 38.5 Å². The molecule has 0 bridgehead atoms. The first-order valence-electron chi connectivity index (χ1n) is 22.0. The number of benzene rings is 9. The van der Waals surface area contributed by atoms with Crippen molar-refractivity contribution in [1.82, 2.24) is 24.1 Å². The van der Waals surface area contributed by atoms with Crippen molar-refractivity contribution < 1.29 is 0 Å². The Morgan fingerprint density at radius 1 is 0.373 bits per heavy atom. The summed E-state index contributed by atoms with van der Waals surface area (Å²) in [7, 11) is 21.8. The first-order valence-corrected chi connectivity index (χ1v) is 22.0. The highest BCUT2D eigenvalue weighted by Crippen LogP contribution is 2.42. The summed E-state index contributed by atoms with van der Waals surface area (Å²) in [6.07, 6.45) is 0. The van der Waals surface area contributed by atoms with E-state index in [1.165, 1.54) is 0 Å². The predicted octanol–water partition coefficient (Wildman–Crippen LogP) is 10.7. The minimum Gasteiger partial charge on any atom is -0.309 e. The van der Waals surface area contributed by atoms with Gasteiger partial charge in [-0.1, -0.05) is 186 Å². The largest absolute Gasteiger partial charge is 0.309 e. The molecule has 304 valence electrons. The molecular weight excluding hydrogens is 813 g/mol. The number of hydrogen-bond donors (Lipinski definition) is 0. The van der Waals surface area contributed by atoms with E-state index in [0.717, 1.165) is 82.7 Å². The van der Waals surface area contributed by atoms with Crippen LogP contribution < -0.4 is 16.4 Å². The smallest absolute Gasteiger partial charge is 0.164 e. The van der Waals surface area contributed by atoms with Crippen LogP contribution in [0.4, 0.5) is 0 Å². The summed E-state index contributed by atoms with van der Waals surface area (Å²) in [4.78, 5) is 15.1. The van der Waals surface area contributed by atoms with Gasteiger partial charge in [-0.15, -0.1) is 0 Å². The molecule has 9 aromatic carbocycles. The normalized spacial score (nSPS) is 11.4. The van der Waals surface area contributed by atoms with E-state index in [0.29, 0.717) is 17.3 Å². The van der Waals surface area contributed by atoms with Crippen molar-refractivity contribution in [2.24, 2.45) is 0 Å². The topological polar surface area (TPSA) is 72.3 Å². The van der Waals surface area contributed by atoms with Gasteiger partial charge in [0.2, 0.25) is 0 Å². The molecule has 0 N–H and O–H groups in total. The van der Waals surface area contributed by atoms with Gasteiger partial charge in [0.1, 0.15) is 29.6 Å². The predicted molar refractivity (Wildman–Crippen MR) is 277 cm³/mol. The van der Waals surface area contributed by atoms with E-state index < -0.39 is 0 Å². The molecule has 67 heavy (non-hydrogen) atoms. The van der Waals surface area contributed by atoms with Crippen LogP contribution >= 0.6 is 0 Å². The van der Waals surface area contributed by atoms with Crippen LogP contribution in [-0.2, 0) is 0 Å². The molecule has 0 aliphatic heterocycles. The maximum Gasteiger partial charge on any atom is 0.164 e. The summed E-state index contributed by atoms with van der Waals surface area (Å²) in [6, 6.07) is 70.1. The van der Waals surface area contributed by atoms with Gasteiger partial charge in [-0.2, -0.15) is 5.26 Å². The first-order chi connectivity index (χ1) is 33.0. The molecule has 0 aliphatic carbocycles. The zero-order valence-corrected chi connectivity index (χ0v) is 36.0. The first kappa shape index (κ1) is 39.8. The van der Waals surface area contributed by atoms with Crippen LogP contribution in [0.3, 0.4) is 0 Å². The molecule has 0 amide bonds. The van der Waals surface area contributed by atoms with Crippen molar-refractivity contribution in [2.75, 3.05) is 0 Å². The Labute approximate surface area is 390 Å². The summed E-state index contributed by atoms with van der Waals surface area (Å²) in [5, 5.41) is 15.3. The summed E-state index contributed by atoms with van der Waals surface area (Å²) >= 11 is 0. The zero-order chi connectivity index (χ0) is 45.2. The highest BCUT2D eigenvalue weighted by Gasteiger charge is 2.27. The fraction of sp³-hybridized carbons (Fsp3) is 0. The van der Waals surface area contributed by atoms with Crippen molar-refractivity contribution >= 4 is 83.5 Å². The standard InChI is InChI=1S/C58H33B3N6/c59-51-45(34-62)55(67-46-22-12-10-20-42(46)43-32-33-48-49(54(43)67)44-21-11-13-23-47(44)66(48)41-18-8-3-9-19-41)53(61)52(60)50(51)58-64-56(39-28-24-37(25-29-39)35-14-4-1-5-15-35)63-57(65-58)40-30-26-38(27-31-40)36-16-6-2-7-17-36/h1-33H. The molecule has 12 aromatic rings. The number of para-hydroxylation sites is 3. The molecule has 12 rings (SSSR count). The number of fused-ring (bicyclic) bond motifs is 7. The molecule has 0 spiro atoms. The fourth-order valence-electron chi connectivity index (χ4n) is 9.61. The van der Waals surface area contributed by atoms with Gasteiger partial charge in [0.25, 0.3) is 0 Å². The third-order valence-corrected chi connectivity index (χ3v) is 12.8. The van der Waals surface area contributed by atoms with Gasteiger partial charge < -0.3 is 9.13 Å². The van der Waals surface area contributed by atoms with E-state index in [-0.39, 0.29) is 33.3 Å². The molecule has 0 fully saturated rings. The molecule has 0 saturated carbocycles. The van der Waals surface area contributed by atoms with Crippen LogP contribution in [0.15, 0.2) is 200 Å². The number of nitriles is 1. The average Bonchev–Trinajstić information content (AvgIpc) is 3.91. The Morgan fingerprint density at radius 2 is 0.836 bits per heavy atom. The Morgan fingerprint density at radius 3 is 1.40 bits per heavy atom. The molecule has 9 heteroatoms. The van der Waals surface area contributed by atoms with Gasteiger partial charge >= 0.3 is 0 Å². The molecule has 0 atom stereocenters. The van der Waals surface area contributed by atoms with Gasteiger partial charge in [0.05, 0.1) is 33.3 Å². The molecule has 3 aromatic heterocycles. The highest BCUT2D eigenvalue weighted by molar-refractivity contribution is 6.56. The maximum atomic E-state index is 11.3. The lowest BCUT2D eigenvalue weighted by Gasteiger charge is -2.22. The molecule has 0 aliphatic rings. The molecule has 0 unspecified atom stereocenters. The van der Waals surface area contributed by atoms with E-state index in [2.05, 4.69) is 94.1 Å². The molecule has 0 saturated heterocycles. The Bertz CT molecular complexity index is 3830. The SMILES string of the molecule is [B]c1c([B])c(-n2c3ccccc3c3ccc4c(c5ccccc5n4-c4ccccc4)c32)c(C#N)c([B])c1-c1nc(-c2ccc(-c3ccccc3)cc2)nc(-c2ccc(-c3ccccc3)cc2)n1. The highest BCUT2D eigenvalue weighted by atomic mass is 15.0. The van der Waals surface area contributed by atoms with Gasteiger partial charge in [-0.25, -0.2) is 15.0 Å². The van der Waals surface area contributed by atoms with Crippen molar-refractivity contribution in [1.29, 1.82) is 5.26 Å². The minimum atomic E-state index is 0.107. The van der Waals surface area contributed by atoms with Crippen molar-refractivity contribution in [3.63, 3.8) is 0 Å². The second-order valence-electron chi connectivity index (χ2n) is 16.5. The van der Waals surface area contributed by atoms with Crippen LogP contribution in [-0.4, -0.2) is 47.6 Å². The third-order valence-electron chi connectivity index (χ3n) is 12.8. The van der Waals surface area contributed by atoms with Crippen molar-refractivity contribution in [2.45, 2.75) is 0 Å². The zero-order valence-electron chi connectivity index (χ0n) is 36.0. The number of aromatic nitrogens is 5. The second-order valence-corrected chi connectivity index (χ2v) is 16.5. The average molecular weight is 846 g/mol. The van der Waals surface area contributed by atoms with E-state index >= 15 is 0 Å². The fourth-order valence-corrected chi connectivity index (χ4v) is 9.61. The molecule has 6 radical (unpaired) electrons. The second kappa shape index (κ2) is 16.1. The Balaban J connectivity index is 1.10. The van der Waals surface area contributed by atoms with Crippen LogP contribution in [0.5, 0.6) is 0 Å². The van der Waals surface area contributed by atoms with Gasteiger partial charge in [-0.05, 0) is 52.6 Å². The summed E-state index contributed by atoms with van der Waals surface area (Å²) in [5.41, 5.74) is 11.8. The van der Waals surface area contributed by atoms with Crippen LogP contribution in [0.1, 0.15) is 5.56 Å².